The van der Waals surface area contributed by atoms with Gasteiger partial charge < -0.3 is 14.9 Å². The molecule has 1 aliphatic rings. The van der Waals surface area contributed by atoms with Gasteiger partial charge in [-0.05, 0) is 54.9 Å². The Labute approximate surface area is 159 Å². The van der Waals surface area contributed by atoms with Crippen LogP contribution in [0.3, 0.4) is 0 Å². The van der Waals surface area contributed by atoms with Crippen LogP contribution < -0.4 is 4.74 Å². The number of halogens is 2. The van der Waals surface area contributed by atoms with Crippen molar-refractivity contribution in [2.24, 2.45) is 0 Å². The molecule has 3 rings (SSSR count). The summed E-state index contributed by atoms with van der Waals surface area (Å²) in [5, 5.41) is 20.5. The number of aliphatic hydroxyl groups is 1. The number of piperidine rings is 1. The van der Waals surface area contributed by atoms with E-state index < -0.39 is 5.60 Å². The van der Waals surface area contributed by atoms with Gasteiger partial charge in [-0.25, -0.2) is 4.39 Å². The molecule has 142 valence electrons. The van der Waals surface area contributed by atoms with Gasteiger partial charge in [0.05, 0.1) is 5.60 Å². The Hall–Kier alpha value is -1.82. The number of ether oxygens (including phenoxy) is 1. The fourth-order valence-corrected chi connectivity index (χ4v) is 3.35. The molecule has 0 bridgehead atoms. The number of benzene rings is 2. The minimum atomic E-state index is -0.884. The number of aromatic hydroxyl groups is 1. The molecule has 1 fully saturated rings. The van der Waals surface area contributed by atoms with E-state index in [0.717, 1.165) is 18.7 Å². The van der Waals surface area contributed by atoms with Crippen LogP contribution in [0.5, 0.6) is 11.5 Å². The Kier molecular flexibility index (Phi) is 6.87. The van der Waals surface area contributed by atoms with Crippen molar-refractivity contribution in [2.45, 2.75) is 38.0 Å². The highest BCUT2D eigenvalue weighted by molar-refractivity contribution is 5.85. The Morgan fingerprint density at radius 2 is 1.81 bits per heavy atom. The predicted molar refractivity (Wildman–Crippen MR) is 101 cm³/mol. The van der Waals surface area contributed by atoms with Crippen molar-refractivity contribution in [3.8, 4) is 11.5 Å². The first-order chi connectivity index (χ1) is 12.0. The van der Waals surface area contributed by atoms with E-state index in [0.29, 0.717) is 25.0 Å². The quantitative estimate of drug-likeness (QED) is 0.828. The second-order valence-corrected chi connectivity index (χ2v) is 6.68. The lowest BCUT2D eigenvalue weighted by atomic mass is 9.84. The van der Waals surface area contributed by atoms with E-state index in [9.17, 15) is 14.6 Å². The molecule has 1 aliphatic heterocycles. The van der Waals surface area contributed by atoms with E-state index in [1.807, 2.05) is 0 Å². The van der Waals surface area contributed by atoms with E-state index in [1.165, 1.54) is 12.1 Å². The van der Waals surface area contributed by atoms with Gasteiger partial charge in [0.25, 0.3) is 0 Å². The van der Waals surface area contributed by atoms with Crippen LogP contribution >= 0.6 is 12.4 Å². The maximum Gasteiger partial charge on any atom is 0.155 e. The van der Waals surface area contributed by atoms with Crippen LogP contribution in [0.2, 0.25) is 0 Å². The SMILES string of the molecule is CCN1CCC(O)(Cc2ccc(F)cc2)CC1Oc1ccc(O)cc1.Cl. The second-order valence-electron chi connectivity index (χ2n) is 6.68. The van der Waals surface area contributed by atoms with Gasteiger partial charge in [-0.2, -0.15) is 0 Å². The third-order valence-electron chi connectivity index (χ3n) is 4.79. The fourth-order valence-electron chi connectivity index (χ4n) is 3.35. The van der Waals surface area contributed by atoms with Crippen LogP contribution in [-0.2, 0) is 6.42 Å². The number of hydrogen-bond acceptors (Lipinski definition) is 4. The number of likely N-dealkylation sites (tertiary alicyclic amines) is 1. The molecule has 1 saturated heterocycles. The van der Waals surface area contributed by atoms with Crippen molar-refractivity contribution < 1.29 is 19.3 Å². The van der Waals surface area contributed by atoms with Crippen molar-refractivity contribution in [3.63, 3.8) is 0 Å². The van der Waals surface area contributed by atoms with Crippen LogP contribution in [0.4, 0.5) is 4.39 Å². The molecule has 6 heteroatoms. The van der Waals surface area contributed by atoms with Crippen LogP contribution in [0.15, 0.2) is 48.5 Å². The summed E-state index contributed by atoms with van der Waals surface area (Å²) in [6.45, 7) is 3.63. The molecule has 2 atom stereocenters. The number of rotatable bonds is 5. The van der Waals surface area contributed by atoms with Gasteiger partial charge in [-0.1, -0.05) is 19.1 Å². The van der Waals surface area contributed by atoms with Crippen LogP contribution in [-0.4, -0.2) is 40.0 Å². The number of phenols is 1. The maximum atomic E-state index is 13.1. The fraction of sp³-hybridized carbons (Fsp3) is 0.400. The molecular formula is C20H25ClFNO3. The molecule has 2 aromatic carbocycles. The summed E-state index contributed by atoms with van der Waals surface area (Å²) < 4.78 is 19.1. The lowest BCUT2D eigenvalue weighted by molar-refractivity contribution is -0.103. The minimum Gasteiger partial charge on any atom is -0.508 e. The zero-order chi connectivity index (χ0) is 17.9. The highest BCUT2D eigenvalue weighted by atomic mass is 35.5. The standard InChI is InChI=1S/C20H24FNO3.ClH/c1-2-22-12-11-20(24,13-15-3-5-16(21)6-4-15)14-19(22)25-18-9-7-17(23)8-10-18;/h3-10,19,23-24H,2,11-14H2,1H3;1H. The first-order valence-electron chi connectivity index (χ1n) is 8.64. The summed E-state index contributed by atoms with van der Waals surface area (Å²) in [7, 11) is 0. The van der Waals surface area contributed by atoms with Gasteiger partial charge in [-0.15, -0.1) is 12.4 Å². The molecule has 26 heavy (non-hydrogen) atoms. The second kappa shape index (κ2) is 8.71. The van der Waals surface area contributed by atoms with Crippen molar-refractivity contribution in [2.75, 3.05) is 13.1 Å². The third kappa shape index (κ3) is 5.10. The smallest absolute Gasteiger partial charge is 0.155 e. The van der Waals surface area contributed by atoms with Gasteiger partial charge in [0.1, 0.15) is 17.3 Å². The summed E-state index contributed by atoms with van der Waals surface area (Å²) in [4.78, 5) is 2.19. The van der Waals surface area contributed by atoms with Gasteiger partial charge in [0, 0.05) is 19.4 Å². The first-order valence-corrected chi connectivity index (χ1v) is 8.64. The Morgan fingerprint density at radius 1 is 1.15 bits per heavy atom. The Balaban J connectivity index is 0.00000243. The zero-order valence-corrected chi connectivity index (χ0v) is 15.6. The number of nitrogens with zero attached hydrogens (tertiary/aromatic N) is 1. The van der Waals surface area contributed by atoms with E-state index in [1.54, 1.807) is 36.4 Å². The number of phenolic OH excluding ortho intramolecular Hbond substituents is 1. The van der Waals surface area contributed by atoms with Gasteiger partial charge >= 0.3 is 0 Å². The van der Waals surface area contributed by atoms with Crippen molar-refractivity contribution in [1.82, 2.24) is 4.90 Å². The van der Waals surface area contributed by atoms with Crippen LogP contribution in [0.1, 0.15) is 25.3 Å². The maximum absolute atomic E-state index is 13.1. The highest BCUT2D eigenvalue weighted by Crippen LogP contribution is 2.32. The zero-order valence-electron chi connectivity index (χ0n) is 14.8. The molecule has 0 radical (unpaired) electrons. The molecule has 1 heterocycles. The van der Waals surface area contributed by atoms with Gasteiger partial charge in [0.2, 0.25) is 0 Å². The van der Waals surface area contributed by atoms with Crippen molar-refractivity contribution in [1.29, 1.82) is 0 Å². The minimum absolute atomic E-state index is 0. The normalized spacial score (nSPS) is 23.3. The third-order valence-corrected chi connectivity index (χ3v) is 4.79. The average Bonchev–Trinajstić information content (AvgIpc) is 2.59. The first kappa shape index (κ1) is 20.5. The summed E-state index contributed by atoms with van der Waals surface area (Å²) in [6.07, 6.45) is 1.35. The van der Waals surface area contributed by atoms with Crippen LogP contribution in [0.25, 0.3) is 0 Å². The molecular weight excluding hydrogens is 357 g/mol. The molecule has 0 saturated carbocycles. The largest absolute Gasteiger partial charge is 0.508 e. The van der Waals surface area contributed by atoms with Crippen molar-refractivity contribution >= 4 is 12.4 Å². The lowest BCUT2D eigenvalue weighted by Gasteiger charge is -2.43. The highest BCUT2D eigenvalue weighted by Gasteiger charge is 2.39. The molecule has 2 unspecified atom stereocenters. The van der Waals surface area contributed by atoms with E-state index in [4.69, 9.17) is 4.74 Å². The summed E-state index contributed by atoms with van der Waals surface area (Å²) in [5.74, 6) is 0.577. The lowest BCUT2D eigenvalue weighted by Crippen LogP contribution is -2.53. The topological polar surface area (TPSA) is 52.9 Å². The van der Waals surface area contributed by atoms with E-state index in [-0.39, 0.29) is 30.2 Å². The Bertz CT molecular complexity index is 695. The molecule has 2 N–H and O–H groups in total. The molecule has 0 amide bonds. The molecule has 2 aromatic rings. The summed E-state index contributed by atoms with van der Waals surface area (Å²) in [6, 6.07) is 12.9. The van der Waals surface area contributed by atoms with E-state index >= 15 is 0 Å². The van der Waals surface area contributed by atoms with Gasteiger partial charge in [0.15, 0.2) is 6.23 Å². The molecule has 0 spiro atoms. The summed E-state index contributed by atoms with van der Waals surface area (Å²) >= 11 is 0. The Morgan fingerprint density at radius 3 is 2.42 bits per heavy atom. The van der Waals surface area contributed by atoms with Crippen LogP contribution in [0, 0.1) is 5.82 Å². The molecule has 0 aromatic heterocycles. The molecule has 0 aliphatic carbocycles. The van der Waals surface area contributed by atoms with Gasteiger partial charge in [-0.3, -0.25) is 4.90 Å². The summed E-state index contributed by atoms with van der Waals surface area (Å²) in [5.41, 5.74) is 0.0303. The van der Waals surface area contributed by atoms with E-state index in [2.05, 4.69) is 11.8 Å². The monoisotopic (exact) mass is 381 g/mol. The molecule has 4 nitrogen and oxygen atoms in total. The number of hydrogen-bond donors (Lipinski definition) is 2. The predicted octanol–water partition coefficient (Wildman–Crippen LogP) is 3.75. The van der Waals surface area contributed by atoms with Crippen molar-refractivity contribution in [3.05, 3.63) is 59.9 Å². The average molecular weight is 382 g/mol.